The first-order valence-electron chi connectivity index (χ1n) is 6.22. The van der Waals surface area contributed by atoms with Gasteiger partial charge in [-0.1, -0.05) is 35.5 Å². The zero-order valence-electron chi connectivity index (χ0n) is 10.9. The zero-order chi connectivity index (χ0) is 14.0. The summed E-state index contributed by atoms with van der Waals surface area (Å²) in [5.41, 5.74) is 1.60. The van der Waals surface area contributed by atoms with Crippen LogP contribution in [0.25, 0.3) is 0 Å². The molecule has 0 amide bonds. The van der Waals surface area contributed by atoms with E-state index in [4.69, 9.17) is 14.8 Å². The molecule has 0 spiro atoms. The molecule has 2 aromatic carbocycles. The highest BCUT2D eigenvalue weighted by molar-refractivity contribution is 5.78. The summed E-state index contributed by atoms with van der Waals surface area (Å²) in [6.45, 7) is 0.765. The Balaban J connectivity index is 1.66. The van der Waals surface area contributed by atoms with E-state index in [1.165, 1.54) is 0 Å². The molecular weight excluding hydrogens is 252 g/mol. The second-order valence-electron chi connectivity index (χ2n) is 3.96. The van der Waals surface area contributed by atoms with Crippen molar-refractivity contribution in [2.75, 3.05) is 13.2 Å². The topological polar surface area (TPSA) is 54.6 Å². The molecule has 0 radical (unpaired) electrons. The highest BCUT2D eigenvalue weighted by atomic mass is 16.6. The van der Waals surface area contributed by atoms with Crippen LogP contribution in [-0.2, 0) is 4.84 Å². The number of nitrogens with zero attached hydrogens (tertiary/aromatic N) is 2. The number of rotatable bonds is 6. The van der Waals surface area contributed by atoms with Crippen molar-refractivity contribution in [1.82, 2.24) is 0 Å². The van der Waals surface area contributed by atoms with Crippen LogP contribution in [-0.4, -0.2) is 19.4 Å². The third-order valence-corrected chi connectivity index (χ3v) is 2.50. The molecule has 0 saturated heterocycles. The summed E-state index contributed by atoms with van der Waals surface area (Å²) in [7, 11) is 0. The molecule has 20 heavy (non-hydrogen) atoms. The minimum atomic E-state index is 0.364. The van der Waals surface area contributed by atoms with Crippen molar-refractivity contribution < 1.29 is 9.57 Å². The highest BCUT2D eigenvalue weighted by Crippen LogP contribution is 2.11. The smallest absolute Gasteiger partial charge is 0.151 e. The van der Waals surface area contributed by atoms with Crippen molar-refractivity contribution in [1.29, 1.82) is 5.26 Å². The largest absolute Gasteiger partial charge is 0.490 e. The summed E-state index contributed by atoms with van der Waals surface area (Å²) in [6, 6.07) is 18.7. The Morgan fingerprint density at radius 3 is 2.45 bits per heavy atom. The van der Waals surface area contributed by atoms with E-state index in [0.717, 1.165) is 5.56 Å². The fraction of sp³-hybridized carbons (Fsp3) is 0.125. The Hall–Kier alpha value is -2.80. The molecule has 100 valence electrons. The quantitative estimate of drug-likeness (QED) is 0.459. The first-order valence-corrected chi connectivity index (χ1v) is 6.22. The van der Waals surface area contributed by atoms with Gasteiger partial charge in [-0.3, -0.25) is 0 Å². The van der Waals surface area contributed by atoms with Gasteiger partial charge in [-0.15, -0.1) is 0 Å². The van der Waals surface area contributed by atoms with Crippen LogP contribution in [0, 0.1) is 11.3 Å². The van der Waals surface area contributed by atoms with Crippen LogP contribution in [0.2, 0.25) is 0 Å². The van der Waals surface area contributed by atoms with Gasteiger partial charge in [-0.25, -0.2) is 0 Å². The van der Waals surface area contributed by atoms with Crippen molar-refractivity contribution in [3.8, 4) is 11.8 Å². The van der Waals surface area contributed by atoms with E-state index in [1.54, 1.807) is 30.5 Å². The van der Waals surface area contributed by atoms with E-state index >= 15 is 0 Å². The minimum Gasteiger partial charge on any atom is -0.490 e. The molecule has 2 rings (SSSR count). The Morgan fingerprint density at radius 2 is 1.75 bits per heavy atom. The van der Waals surface area contributed by atoms with Crippen LogP contribution in [0.5, 0.6) is 5.75 Å². The Labute approximate surface area is 117 Å². The van der Waals surface area contributed by atoms with Crippen molar-refractivity contribution in [2.45, 2.75) is 0 Å². The molecule has 0 aliphatic heterocycles. The second kappa shape index (κ2) is 7.59. The standard InChI is InChI=1S/C16H14N2O2/c17-12-14-6-8-16(9-7-14)19-10-11-20-18-13-15-4-2-1-3-5-15/h1-9,13H,10-11H2/b18-13+. The lowest BCUT2D eigenvalue weighted by Crippen LogP contribution is -2.04. The SMILES string of the molecule is N#Cc1ccc(OCCO/N=C/c2ccccc2)cc1. The molecule has 0 saturated carbocycles. The van der Waals surface area contributed by atoms with Crippen LogP contribution in [0.4, 0.5) is 0 Å². The summed E-state index contributed by atoms with van der Waals surface area (Å²) in [5.74, 6) is 0.708. The van der Waals surface area contributed by atoms with Crippen LogP contribution in [0.1, 0.15) is 11.1 Å². The summed E-state index contributed by atoms with van der Waals surface area (Å²) in [5, 5.41) is 12.5. The zero-order valence-corrected chi connectivity index (χ0v) is 10.9. The molecule has 2 aromatic rings. The van der Waals surface area contributed by atoms with Crippen LogP contribution < -0.4 is 4.74 Å². The molecule has 0 unspecified atom stereocenters. The monoisotopic (exact) mass is 266 g/mol. The Bertz CT molecular complexity index is 586. The number of oxime groups is 1. The molecular formula is C16H14N2O2. The maximum atomic E-state index is 8.67. The van der Waals surface area contributed by atoms with Crippen molar-refractivity contribution in [3.63, 3.8) is 0 Å². The van der Waals surface area contributed by atoms with E-state index in [9.17, 15) is 0 Å². The molecule has 0 aromatic heterocycles. The van der Waals surface area contributed by atoms with Gasteiger partial charge in [-0.2, -0.15) is 5.26 Å². The third kappa shape index (κ3) is 4.46. The molecule has 0 aliphatic rings. The molecule has 0 N–H and O–H groups in total. The third-order valence-electron chi connectivity index (χ3n) is 2.50. The maximum absolute atomic E-state index is 8.67. The minimum absolute atomic E-state index is 0.364. The van der Waals surface area contributed by atoms with Gasteiger partial charge in [0.25, 0.3) is 0 Å². The van der Waals surface area contributed by atoms with Gasteiger partial charge < -0.3 is 9.57 Å². The lowest BCUT2D eigenvalue weighted by atomic mass is 10.2. The number of ether oxygens (including phenoxy) is 1. The van der Waals surface area contributed by atoms with E-state index in [1.807, 2.05) is 30.3 Å². The van der Waals surface area contributed by atoms with E-state index in [0.29, 0.717) is 24.5 Å². The first-order chi connectivity index (χ1) is 9.88. The summed E-state index contributed by atoms with van der Waals surface area (Å²) >= 11 is 0. The average Bonchev–Trinajstić information content (AvgIpc) is 2.52. The molecule has 0 aliphatic carbocycles. The number of benzene rings is 2. The normalized spacial score (nSPS) is 10.2. The second-order valence-corrected chi connectivity index (χ2v) is 3.96. The van der Waals surface area contributed by atoms with Gasteiger partial charge in [0.05, 0.1) is 17.8 Å². The molecule has 0 atom stereocenters. The van der Waals surface area contributed by atoms with Gasteiger partial charge in [0.15, 0.2) is 6.61 Å². The predicted molar refractivity (Wildman–Crippen MR) is 76.6 cm³/mol. The van der Waals surface area contributed by atoms with Gasteiger partial charge in [0.1, 0.15) is 12.4 Å². The van der Waals surface area contributed by atoms with Crippen molar-refractivity contribution in [3.05, 3.63) is 65.7 Å². The Kier molecular flexibility index (Phi) is 5.17. The lowest BCUT2D eigenvalue weighted by molar-refractivity contribution is 0.108. The van der Waals surface area contributed by atoms with E-state index < -0.39 is 0 Å². The first kappa shape index (κ1) is 13.6. The fourth-order valence-corrected chi connectivity index (χ4v) is 1.51. The maximum Gasteiger partial charge on any atom is 0.151 e. The van der Waals surface area contributed by atoms with Crippen molar-refractivity contribution >= 4 is 6.21 Å². The highest BCUT2D eigenvalue weighted by Gasteiger charge is 1.94. The van der Waals surface area contributed by atoms with Gasteiger partial charge in [-0.05, 0) is 29.8 Å². The average molecular weight is 266 g/mol. The number of hydrogen-bond donors (Lipinski definition) is 0. The summed E-state index contributed by atoms with van der Waals surface area (Å²) < 4.78 is 5.45. The fourth-order valence-electron chi connectivity index (χ4n) is 1.51. The predicted octanol–water partition coefficient (Wildman–Crippen LogP) is 2.99. The van der Waals surface area contributed by atoms with Gasteiger partial charge >= 0.3 is 0 Å². The Morgan fingerprint density at radius 1 is 1.00 bits per heavy atom. The number of hydrogen-bond acceptors (Lipinski definition) is 4. The van der Waals surface area contributed by atoms with Crippen LogP contribution in [0.15, 0.2) is 59.8 Å². The molecule has 0 heterocycles. The van der Waals surface area contributed by atoms with Gasteiger partial charge in [0.2, 0.25) is 0 Å². The molecule has 4 heteroatoms. The summed E-state index contributed by atoms with van der Waals surface area (Å²) in [4.78, 5) is 5.10. The van der Waals surface area contributed by atoms with E-state index in [2.05, 4.69) is 11.2 Å². The molecule has 0 fully saturated rings. The van der Waals surface area contributed by atoms with Gasteiger partial charge in [0, 0.05) is 0 Å². The number of nitriles is 1. The molecule has 0 bridgehead atoms. The van der Waals surface area contributed by atoms with Crippen LogP contribution >= 0.6 is 0 Å². The summed E-state index contributed by atoms with van der Waals surface area (Å²) in [6.07, 6.45) is 1.65. The van der Waals surface area contributed by atoms with Crippen molar-refractivity contribution in [2.24, 2.45) is 5.16 Å². The van der Waals surface area contributed by atoms with Crippen LogP contribution in [0.3, 0.4) is 0 Å². The lowest BCUT2D eigenvalue weighted by Gasteiger charge is -2.04. The van der Waals surface area contributed by atoms with E-state index in [-0.39, 0.29) is 0 Å². The molecule has 4 nitrogen and oxygen atoms in total.